The topological polar surface area (TPSA) is 29.1 Å². The second-order valence-electron chi connectivity index (χ2n) is 1.70. The van der Waals surface area contributed by atoms with Crippen LogP contribution in [0.1, 0.15) is 0 Å². The van der Waals surface area contributed by atoms with E-state index < -0.39 is 0 Å². The molecule has 3 heteroatoms. The van der Waals surface area contributed by atoms with Gasteiger partial charge in [-0.3, -0.25) is 4.79 Å². The Hall–Kier alpha value is -1.02. The summed E-state index contributed by atoms with van der Waals surface area (Å²) in [4.78, 5) is 9.92. The first-order valence-electron chi connectivity index (χ1n) is 2.70. The molecule has 1 amide bonds. The van der Waals surface area contributed by atoms with Gasteiger partial charge >= 0.3 is 0 Å². The van der Waals surface area contributed by atoms with E-state index in [0.29, 0.717) is 17.1 Å². The number of nitrogens with one attached hydrogen (secondary N) is 1. The average Bonchev–Trinajstić information content (AvgIpc) is 1.88. The summed E-state index contributed by atoms with van der Waals surface area (Å²) in [7, 11) is 0. The number of carbonyl (C=O) groups excluding carboxylic acids is 1. The molecule has 0 aliphatic carbocycles. The number of benzene rings is 1. The van der Waals surface area contributed by atoms with E-state index in [-0.39, 0.29) is 0 Å². The first-order chi connectivity index (χ1) is 4.83. The van der Waals surface area contributed by atoms with Gasteiger partial charge in [-0.15, -0.1) is 0 Å². The quantitative estimate of drug-likeness (QED) is 0.646. The lowest BCUT2D eigenvalue weighted by atomic mass is 10.3. The van der Waals surface area contributed by atoms with Crippen LogP contribution in [0.5, 0.6) is 0 Å². The summed E-state index contributed by atoms with van der Waals surface area (Å²) in [6, 6.07) is 7.67. The summed E-state index contributed by atoms with van der Waals surface area (Å²) in [5.74, 6) is 0. The lowest BCUT2D eigenvalue weighted by Crippen LogP contribution is -1.92. The zero-order valence-corrected chi connectivity index (χ0v) is 5.85. The Kier molecular flexibility index (Phi) is 2.29. The molecule has 1 aromatic rings. The molecular weight excluding hydrogens is 150 g/mol. The Morgan fingerprint density at radius 1 is 1.60 bits per heavy atom. The van der Waals surface area contributed by atoms with Gasteiger partial charge in [0.15, 0.2) is 0 Å². The van der Waals surface area contributed by atoms with Crippen molar-refractivity contribution in [2.45, 2.75) is 0 Å². The van der Waals surface area contributed by atoms with E-state index in [1.54, 1.807) is 18.2 Å². The number of halogens is 1. The van der Waals surface area contributed by atoms with Crippen LogP contribution in [0.4, 0.5) is 5.69 Å². The van der Waals surface area contributed by atoms with Crippen molar-refractivity contribution in [1.29, 1.82) is 0 Å². The molecule has 0 aromatic heterocycles. The summed E-state index contributed by atoms with van der Waals surface area (Å²) in [6.45, 7) is 0. The number of anilines is 1. The van der Waals surface area contributed by atoms with Crippen molar-refractivity contribution in [1.82, 2.24) is 0 Å². The summed E-state index contributed by atoms with van der Waals surface area (Å²) in [6.07, 6.45) is 0.597. The van der Waals surface area contributed by atoms with Crippen LogP contribution >= 0.6 is 11.6 Å². The smallest absolute Gasteiger partial charge is 0.211 e. The largest absolute Gasteiger partial charge is 0.329 e. The van der Waals surface area contributed by atoms with E-state index in [1.807, 2.05) is 0 Å². The molecule has 1 aromatic carbocycles. The molecular formula is C7H5ClNO. The standard InChI is InChI=1S/C7H5ClNO/c8-6-2-1-3-7(4-6)9-5-10/h2-5H,(H,9,10). The van der Waals surface area contributed by atoms with Gasteiger partial charge in [-0.2, -0.15) is 0 Å². The van der Waals surface area contributed by atoms with Crippen molar-refractivity contribution in [3.05, 3.63) is 29.3 Å². The van der Waals surface area contributed by atoms with E-state index in [2.05, 4.69) is 11.4 Å². The summed E-state index contributed by atoms with van der Waals surface area (Å²) in [5, 5.41) is 3.01. The molecule has 0 saturated carbocycles. The molecule has 1 N–H and O–H groups in total. The zero-order valence-electron chi connectivity index (χ0n) is 5.10. The maximum Gasteiger partial charge on any atom is 0.211 e. The zero-order chi connectivity index (χ0) is 7.40. The summed E-state index contributed by atoms with van der Waals surface area (Å²) >= 11 is 5.59. The van der Waals surface area contributed by atoms with Crippen LogP contribution in [0.25, 0.3) is 0 Å². The molecule has 2 nitrogen and oxygen atoms in total. The highest BCUT2D eigenvalue weighted by atomic mass is 35.5. The first-order valence-corrected chi connectivity index (χ1v) is 3.07. The molecule has 0 heterocycles. The Morgan fingerprint density at radius 3 is 3.00 bits per heavy atom. The molecule has 0 unspecified atom stereocenters. The summed E-state index contributed by atoms with van der Waals surface area (Å²) < 4.78 is 0. The lowest BCUT2D eigenvalue weighted by Gasteiger charge is -1.95. The predicted octanol–water partition coefficient (Wildman–Crippen LogP) is 1.71. The van der Waals surface area contributed by atoms with Crippen molar-refractivity contribution in [3.8, 4) is 0 Å². The minimum absolute atomic E-state index is 0.562. The van der Waals surface area contributed by atoms with Crippen molar-refractivity contribution >= 4 is 23.7 Å². The molecule has 1 rings (SSSR count). The average molecular weight is 155 g/mol. The fourth-order valence-corrected chi connectivity index (χ4v) is 0.775. The van der Waals surface area contributed by atoms with Gasteiger partial charge in [0, 0.05) is 10.7 Å². The minimum atomic E-state index is 0.562. The second-order valence-corrected chi connectivity index (χ2v) is 2.14. The van der Waals surface area contributed by atoms with Crippen LogP contribution in [-0.2, 0) is 4.79 Å². The maximum absolute atomic E-state index is 9.92. The highest BCUT2D eigenvalue weighted by Gasteiger charge is 1.89. The molecule has 0 atom stereocenters. The van der Waals surface area contributed by atoms with Crippen LogP contribution < -0.4 is 5.32 Å². The maximum atomic E-state index is 9.92. The van der Waals surface area contributed by atoms with Crippen LogP contribution in [0.3, 0.4) is 0 Å². The van der Waals surface area contributed by atoms with E-state index in [4.69, 9.17) is 11.6 Å². The molecule has 0 aliphatic rings. The van der Waals surface area contributed by atoms with E-state index in [9.17, 15) is 4.79 Å². The van der Waals surface area contributed by atoms with Crippen LogP contribution in [0.2, 0.25) is 5.02 Å². The minimum Gasteiger partial charge on any atom is -0.329 e. The fourth-order valence-electron chi connectivity index (χ4n) is 0.594. The molecule has 1 radical (unpaired) electrons. The number of hydrogen-bond acceptors (Lipinski definition) is 1. The lowest BCUT2D eigenvalue weighted by molar-refractivity contribution is -0.105. The summed E-state index contributed by atoms with van der Waals surface area (Å²) in [5.41, 5.74) is 0.655. The number of amides is 1. The Morgan fingerprint density at radius 2 is 2.40 bits per heavy atom. The van der Waals surface area contributed by atoms with Crippen LogP contribution in [-0.4, -0.2) is 6.41 Å². The molecule has 0 saturated heterocycles. The highest BCUT2D eigenvalue weighted by molar-refractivity contribution is 6.30. The van der Waals surface area contributed by atoms with Gasteiger partial charge in [-0.05, 0) is 24.3 Å². The molecule has 51 valence electrons. The number of rotatable bonds is 2. The van der Waals surface area contributed by atoms with E-state index >= 15 is 0 Å². The van der Waals surface area contributed by atoms with Crippen molar-refractivity contribution < 1.29 is 4.79 Å². The van der Waals surface area contributed by atoms with Crippen molar-refractivity contribution in [3.63, 3.8) is 0 Å². The van der Waals surface area contributed by atoms with Gasteiger partial charge in [0.2, 0.25) is 6.41 Å². The van der Waals surface area contributed by atoms with Gasteiger partial charge in [0.25, 0.3) is 0 Å². The van der Waals surface area contributed by atoms with Gasteiger partial charge in [0.1, 0.15) is 0 Å². The van der Waals surface area contributed by atoms with Gasteiger partial charge in [0.05, 0.1) is 0 Å². The molecule has 0 bridgehead atoms. The third-order valence-electron chi connectivity index (χ3n) is 0.979. The number of carbonyl (C=O) groups is 1. The van der Waals surface area contributed by atoms with Crippen molar-refractivity contribution in [2.75, 3.05) is 5.32 Å². The normalized spacial score (nSPS) is 8.90. The fraction of sp³-hybridized carbons (Fsp3) is 0. The SMILES string of the molecule is O=CNc1c[c]cc(Cl)c1. The first kappa shape index (κ1) is 7.09. The monoisotopic (exact) mass is 154 g/mol. The van der Waals surface area contributed by atoms with Crippen molar-refractivity contribution in [2.24, 2.45) is 0 Å². The van der Waals surface area contributed by atoms with E-state index in [1.165, 1.54) is 0 Å². The van der Waals surface area contributed by atoms with Gasteiger partial charge < -0.3 is 5.32 Å². The van der Waals surface area contributed by atoms with Crippen LogP contribution in [0.15, 0.2) is 18.2 Å². The van der Waals surface area contributed by atoms with E-state index in [0.717, 1.165) is 0 Å². The Labute approximate surface area is 63.8 Å². The molecule has 0 spiro atoms. The molecule has 0 aliphatic heterocycles. The highest BCUT2D eigenvalue weighted by Crippen LogP contribution is 2.13. The third kappa shape index (κ3) is 1.74. The molecule has 10 heavy (non-hydrogen) atoms. The second kappa shape index (κ2) is 3.22. The third-order valence-corrected chi connectivity index (χ3v) is 1.20. The number of hydrogen-bond donors (Lipinski definition) is 1. The Bertz CT molecular complexity index is 237. The van der Waals surface area contributed by atoms with Crippen LogP contribution in [0, 0.1) is 6.07 Å². The van der Waals surface area contributed by atoms with Gasteiger partial charge in [-0.1, -0.05) is 11.6 Å². The molecule has 0 fully saturated rings. The Balaban J connectivity index is 2.84. The van der Waals surface area contributed by atoms with Gasteiger partial charge in [-0.25, -0.2) is 0 Å². The predicted molar refractivity (Wildman–Crippen MR) is 40.0 cm³/mol.